The standard InChI is InChI=1S/2C20H21ClN2O6/c1-12-8-13-10-17(23(26)27)15(9-14(13)11-18(12)29-7-5-21)19(24)22-6-3-4-16(22)20(25)28-2;1-12-8-13-9-15(19(24)22-6-3-4-16(22)20(25)28-2)17(23(26)27)10-14(13)11-18(12)29-7-5-21/h2*8-11,16H,3-7H2,1-2H3/t2*16-/m00/s1. The van der Waals surface area contributed by atoms with Crippen LogP contribution >= 0.6 is 23.2 Å². The number of fused-ring (bicyclic) bond motifs is 2. The molecule has 0 radical (unpaired) electrons. The fraction of sp³-hybridized carbons (Fsp3) is 0.400. The SMILES string of the molecule is COC(=O)[C@@H]1CCCN1C(=O)c1cc2cc(C)c(OCCCl)cc2cc1[N+](=O)[O-].COC(=O)[C@@H]1CCCN1C(=O)c1cc2cc(OCCCl)c(C)cc2cc1[N+](=O)[O-]. The van der Waals surface area contributed by atoms with Crippen molar-refractivity contribution in [2.75, 3.05) is 52.3 Å². The molecule has 2 aliphatic rings. The summed E-state index contributed by atoms with van der Waals surface area (Å²) in [5.74, 6) is -0.325. The first-order chi connectivity index (χ1) is 27.7. The molecule has 0 N–H and O–H groups in total. The van der Waals surface area contributed by atoms with Crippen LogP contribution in [0, 0.1) is 34.1 Å². The molecule has 2 saturated heterocycles. The summed E-state index contributed by atoms with van der Waals surface area (Å²) in [7, 11) is 2.51. The fourth-order valence-corrected chi connectivity index (χ4v) is 7.36. The lowest BCUT2D eigenvalue weighted by atomic mass is 10.0. The number of benzene rings is 4. The van der Waals surface area contributed by atoms with Crippen LogP contribution in [0.2, 0.25) is 0 Å². The molecule has 4 aromatic carbocycles. The monoisotopic (exact) mass is 840 g/mol. The molecule has 18 heteroatoms. The molecule has 6 rings (SSSR count). The number of esters is 2. The van der Waals surface area contributed by atoms with E-state index < -0.39 is 45.7 Å². The van der Waals surface area contributed by atoms with E-state index in [0.29, 0.717) is 96.8 Å². The summed E-state index contributed by atoms with van der Waals surface area (Å²) in [6.07, 6.45) is 2.20. The maximum Gasteiger partial charge on any atom is 0.328 e. The van der Waals surface area contributed by atoms with Crippen LogP contribution in [0.4, 0.5) is 11.4 Å². The van der Waals surface area contributed by atoms with E-state index in [2.05, 4.69) is 0 Å². The zero-order chi connectivity index (χ0) is 42.3. The number of carbonyl (C=O) groups excluding carboxylic acids is 4. The number of nitro groups is 2. The Kier molecular flexibility index (Phi) is 14.3. The number of ether oxygens (including phenoxy) is 4. The van der Waals surface area contributed by atoms with Gasteiger partial charge in [0, 0.05) is 25.2 Å². The predicted molar refractivity (Wildman–Crippen MR) is 215 cm³/mol. The van der Waals surface area contributed by atoms with Crippen molar-refractivity contribution in [1.82, 2.24) is 9.80 Å². The maximum absolute atomic E-state index is 13.1. The largest absolute Gasteiger partial charge is 0.492 e. The predicted octanol–water partition coefficient (Wildman–Crippen LogP) is 6.90. The van der Waals surface area contributed by atoms with Gasteiger partial charge in [-0.05, 0) is 109 Å². The molecule has 0 bridgehead atoms. The van der Waals surface area contributed by atoms with Gasteiger partial charge in [-0.2, -0.15) is 0 Å². The summed E-state index contributed by atoms with van der Waals surface area (Å²) >= 11 is 11.3. The van der Waals surface area contributed by atoms with Crippen molar-refractivity contribution in [3.05, 3.63) is 91.0 Å². The first-order valence-electron chi connectivity index (χ1n) is 18.3. The van der Waals surface area contributed by atoms with E-state index in [1.165, 1.54) is 48.3 Å². The highest BCUT2D eigenvalue weighted by Crippen LogP contribution is 2.35. The molecule has 0 unspecified atom stereocenters. The third-order valence-electron chi connectivity index (χ3n) is 9.99. The van der Waals surface area contributed by atoms with E-state index >= 15 is 0 Å². The van der Waals surface area contributed by atoms with Gasteiger partial charge in [-0.15, -0.1) is 23.2 Å². The number of carbonyl (C=O) groups is 4. The van der Waals surface area contributed by atoms with Crippen LogP contribution in [0.5, 0.6) is 11.5 Å². The minimum atomic E-state index is -0.733. The Labute approximate surface area is 343 Å². The average molecular weight is 842 g/mol. The van der Waals surface area contributed by atoms with E-state index in [4.69, 9.17) is 42.1 Å². The molecule has 0 aliphatic carbocycles. The van der Waals surface area contributed by atoms with Gasteiger partial charge >= 0.3 is 11.9 Å². The van der Waals surface area contributed by atoms with Crippen molar-refractivity contribution in [2.45, 2.75) is 51.6 Å². The number of nitrogens with zero attached hydrogens (tertiary/aromatic N) is 4. The molecule has 4 aromatic rings. The summed E-state index contributed by atoms with van der Waals surface area (Å²) < 4.78 is 20.7. The second-order valence-corrected chi connectivity index (χ2v) is 14.4. The zero-order valence-corrected chi connectivity index (χ0v) is 33.8. The molecule has 2 heterocycles. The van der Waals surface area contributed by atoms with Gasteiger partial charge < -0.3 is 28.7 Å². The van der Waals surface area contributed by atoms with E-state index in [-0.39, 0.29) is 22.5 Å². The minimum absolute atomic E-state index is 0.0490. The third-order valence-corrected chi connectivity index (χ3v) is 10.3. The normalized spacial score (nSPS) is 16.1. The summed E-state index contributed by atoms with van der Waals surface area (Å²) in [4.78, 5) is 75.1. The van der Waals surface area contributed by atoms with Crippen molar-refractivity contribution in [3.8, 4) is 11.5 Å². The fourth-order valence-electron chi connectivity index (χ4n) is 7.21. The number of alkyl halides is 2. The Bertz CT molecular complexity index is 2270. The van der Waals surface area contributed by atoms with Crippen LogP contribution in [0.3, 0.4) is 0 Å². The number of hydrogen-bond acceptors (Lipinski definition) is 12. The van der Waals surface area contributed by atoms with Crippen LogP contribution in [-0.2, 0) is 19.1 Å². The van der Waals surface area contributed by atoms with E-state index in [9.17, 15) is 39.4 Å². The number of nitro benzene ring substituents is 2. The van der Waals surface area contributed by atoms with Crippen molar-refractivity contribution in [3.63, 3.8) is 0 Å². The molecular formula is C40H42Cl2N4O12. The lowest BCUT2D eigenvalue weighted by Gasteiger charge is -2.22. The summed E-state index contributed by atoms with van der Waals surface area (Å²) in [6.45, 7) is 5.00. The Morgan fingerprint density at radius 1 is 0.638 bits per heavy atom. The molecule has 2 fully saturated rings. The van der Waals surface area contributed by atoms with Crippen molar-refractivity contribution in [2.24, 2.45) is 0 Å². The molecule has 16 nitrogen and oxygen atoms in total. The lowest BCUT2D eigenvalue weighted by Crippen LogP contribution is -2.41. The summed E-state index contributed by atoms with van der Waals surface area (Å²) in [6, 6.07) is 11.3. The summed E-state index contributed by atoms with van der Waals surface area (Å²) in [5.41, 5.74) is 0.902. The number of methoxy groups -OCH3 is 2. The van der Waals surface area contributed by atoms with Crippen LogP contribution in [0.15, 0.2) is 48.5 Å². The van der Waals surface area contributed by atoms with E-state index in [1.54, 1.807) is 24.3 Å². The zero-order valence-electron chi connectivity index (χ0n) is 32.3. The van der Waals surface area contributed by atoms with Gasteiger partial charge in [0.05, 0.1) is 35.8 Å². The molecule has 0 spiro atoms. The van der Waals surface area contributed by atoms with Crippen LogP contribution < -0.4 is 9.47 Å². The number of hydrogen-bond donors (Lipinski definition) is 0. The molecule has 0 saturated carbocycles. The number of rotatable bonds is 12. The van der Waals surface area contributed by atoms with Crippen molar-refractivity contribution in [1.29, 1.82) is 0 Å². The van der Waals surface area contributed by atoms with Crippen LogP contribution in [0.25, 0.3) is 21.5 Å². The maximum atomic E-state index is 13.1. The minimum Gasteiger partial charge on any atom is -0.492 e. The number of halogens is 2. The molecule has 2 amide bonds. The van der Waals surface area contributed by atoms with Gasteiger partial charge in [-0.1, -0.05) is 0 Å². The second-order valence-electron chi connectivity index (χ2n) is 13.6. The Morgan fingerprint density at radius 3 is 1.36 bits per heavy atom. The van der Waals surface area contributed by atoms with Crippen molar-refractivity contribution >= 4 is 79.9 Å². The van der Waals surface area contributed by atoms with Gasteiger partial charge in [0.25, 0.3) is 23.2 Å². The number of likely N-dealkylation sites (tertiary alicyclic amines) is 2. The third kappa shape index (κ3) is 9.34. The van der Waals surface area contributed by atoms with Crippen molar-refractivity contribution < 1.29 is 48.0 Å². The molecule has 2 atom stereocenters. The number of aryl methyl sites for hydroxylation is 2. The molecule has 308 valence electrons. The topological polar surface area (TPSA) is 198 Å². The smallest absolute Gasteiger partial charge is 0.328 e. The van der Waals surface area contributed by atoms with Crippen LogP contribution in [-0.4, -0.2) is 108 Å². The molecule has 0 aromatic heterocycles. The van der Waals surface area contributed by atoms with E-state index in [0.717, 1.165) is 11.1 Å². The van der Waals surface area contributed by atoms with Gasteiger partial charge in [-0.25, -0.2) is 9.59 Å². The number of amides is 2. The van der Waals surface area contributed by atoms with Gasteiger partial charge in [0.2, 0.25) is 0 Å². The van der Waals surface area contributed by atoms with Gasteiger partial charge in [0.15, 0.2) is 0 Å². The van der Waals surface area contributed by atoms with Gasteiger partial charge in [-0.3, -0.25) is 29.8 Å². The molecule has 2 aliphatic heterocycles. The van der Waals surface area contributed by atoms with Gasteiger partial charge in [0.1, 0.15) is 47.9 Å². The molecule has 58 heavy (non-hydrogen) atoms. The van der Waals surface area contributed by atoms with Crippen LogP contribution in [0.1, 0.15) is 57.5 Å². The Morgan fingerprint density at radius 2 is 1.00 bits per heavy atom. The second kappa shape index (κ2) is 19.1. The highest BCUT2D eigenvalue weighted by molar-refractivity contribution is 6.18. The quantitative estimate of drug-likeness (QED) is 0.0620. The first-order valence-corrected chi connectivity index (χ1v) is 19.4. The highest BCUT2D eigenvalue weighted by Gasteiger charge is 2.39. The Balaban J connectivity index is 0.000000221. The lowest BCUT2D eigenvalue weighted by molar-refractivity contribution is -0.385. The average Bonchev–Trinajstić information content (AvgIpc) is 3.91. The highest BCUT2D eigenvalue weighted by atomic mass is 35.5. The first kappa shape index (κ1) is 43.4. The molecular weight excluding hydrogens is 799 g/mol. The van der Waals surface area contributed by atoms with E-state index in [1.807, 2.05) is 13.8 Å². The summed E-state index contributed by atoms with van der Waals surface area (Å²) in [5, 5.41) is 25.8. The Hall–Kier alpha value is -5.74.